The molecule has 0 aliphatic carbocycles. The third-order valence-corrected chi connectivity index (χ3v) is 7.03. The van der Waals surface area contributed by atoms with Gasteiger partial charge in [0.2, 0.25) is 5.91 Å². The van der Waals surface area contributed by atoms with Gasteiger partial charge >= 0.3 is 6.18 Å². The van der Waals surface area contributed by atoms with Crippen molar-refractivity contribution < 1.29 is 31.9 Å². The Labute approximate surface area is 202 Å². The Bertz CT molecular complexity index is 1070. The average molecular weight is 494 g/mol. The molecule has 3 heterocycles. The summed E-state index contributed by atoms with van der Waals surface area (Å²) in [6, 6.07) is 6.61. The number of piperidine rings is 1. The summed E-state index contributed by atoms with van der Waals surface area (Å²) in [7, 11) is 1.59. The number of alkyl halides is 3. The standard InChI is InChI=1S/C25H30F3N3O4/c1-24(23(33)29-2)9-11-31(12-10-24)19-4-3-17(25(26,27)28)15-18(19)30-22(32)21-6-5-20(35-21)16-7-13-34-14-8-16/h3-6,15-16H,7-14H2,1-2H3,(H,29,33)(H,30,32). The summed E-state index contributed by atoms with van der Waals surface area (Å²) in [5, 5.41) is 5.31. The van der Waals surface area contributed by atoms with E-state index in [-0.39, 0.29) is 23.3 Å². The predicted octanol–water partition coefficient (Wildman–Crippen LogP) is 4.80. The molecule has 1 aromatic carbocycles. The minimum absolute atomic E-state index is 0.0423. The third-order valence-electron chi connectivity index (χ3n) is 7.03. The molecule has 0 radical (unpaired) electrons. The number of carbonyl (C=O) groups excluding carboxylic acids is 2. The van der Waals surface area contributed by atoms with Gasteiger partial charge < -0.3 is 24.7 Å². The van der Waals surface area contributed by atoms with E-state index in [1.165, 1.54) is 6.07 Å². The molecule has 35 heavy (non-hydrogen) atoms. The summed E-state index contributed by atoms with van der Waals surface area (Å²) in [4.78, 5) is 27.1. The van der Waals surface area contributed by atoms with E-state index in [9.17, 15) is 22.8 Å². The molecule has 2 aliphatic rings. The zero-order valence-corrected chi connectivity index (χ0v) is 19.8. The number of carbonyl (C=O) groups is 2. The first-order chi connectivity index (χ1) is 16.6. The van der Waals surface area contributed by atoms with Gasteiger partial charge in [-0.1, -0.05) is 6.92 Å². The van der Waals surface area contributed by atoms with E-state index in [0.717, 1.165) is 25.0 Å². The van der Waals surface area contributed by atoms with Gasteiger partial charge in [-0.2, -0.15) is 13.2 Å². The molecule has 10 heteroatoms. The van der Waals surface area contributed by atoms with Gasteiger partial charge in [-0.15, -0.1) is 0 Å². The fourth-order valence-corrected chi connectivity index (χ4v) is 4.72. The Kier molecular flexibility index (Phi) is 7.12. The summed E-state index contributed by atoms with van der Waals surface area (Å²) in [6.07, 6.45) is -1.91. The lowest BCUT2D eigenvalue weighted by Gasteiger charge is -2.39. The third kappa shape index (κ3) is 5.47. The van der Waals surface area contributed by atoms with Gasteiger partial charge in [0, 0.05) is 44.7 Å². The van der Waals surface area contributed by atoms with Crippen LogP contribution in [0.1, 0.15) is 60.4 Å². The normalized spacial score (nSPS) is 18.8. The maximum Gasteiger partial charge on any atom is 0.416 e. The molecule has 0 unspecified atom stereocenters. The molecule has 2 amide bonds. The van der Waals surface area contributed by atoms with Crippen LogP contribution in [-0.2, 0) is 15.7 Å². The summed E-state index contributed by atoms with van der Waals surface area (Å²) in [5.74, 6) is 0.192. The van der Waals surface area contributed by atoms with Crippen LogP contribution in [-0.4, -0.2) is 45.2 Å². The molecule has 4 rings (SSSR count). The molecule has 2 aliphatic heterocycles. The highest BCUT2D eigenvalue weighted by Gasteiger charge is 2.37. The number of rotatable bonds is 5. The van der Waals surface area contributed by atoms with Crippen molar-refractivity contribution >= 4 is 23.2 Å². The van der Waals surface area contributed by atoms with Crippen molar-refractivity contribution in [3.05, 3.63) is 47.4 Å². The van der Waals surface area contributed by atoms with Crippen LogP contribution in [0.25, 0.3) is 0 Å². The fraction of sp³-hybridized carbons (Fsp3) is 0.520. The molecule has 0 atom stereocenters. The Balaban J connectivity index is 1.56. The molecule has 0 saturated carbocycles. The Morgan fingerprint density at radius 2 is 1.77 bits per heavy atom. The maximum absolute atomic E-state index is 13.4. The maximum atomic E-state index is 13.4. The molecule has 1 aromatic heterocycles. The first-order valence-electron chi connectivity index (χ1n) is 11.8. The van der Waals surface area contributed by atoms with Crippen LogP contribution in [0.2, 0.25) is 0 Å². The lowest BCUT2D eigenvalue weighted by atomic mass is 9.79. The van der Waals surface area contributed by atoms with E-state index in [0.29, 0.717) is 50.6 Å². The number of anilines is 2. The largest absolute Gasteiger partial charge is 0.456 e. The Morgan fingerprint density at radius 1 is 1.09 bits per heavy atom. The monoisotopic (exact) mass is 493 g/mol. The first kappa shape index (κ1) is 25.1. The summed E-state index contributed by atoms with van der Waals surface area (Å²) < 4.78 is 51.4. The lowest BCUT2D eigenvalue weighted by Crippen LogP contribution is -2.46. The molecule has 190 valence electrons. The minimum Gasteiger partial charge on any atom is -0.456 e. The quantitative estimate of drug-likeness (QED) is 0.626. The minimum atomic E-state index is -4.56. The topological polar surface area (TPSA) is 83.8 Å². The van der Waals surface area contributed by atoms with E-state index in [4.69, 9.17) is 9.15 Å². The van der Waals surface area contributed by atoms with E-state index >= 15 is 0 Å². The smallest absolute Gasteiger partial charge is 0.416 e. The second-order valence-electron chi connectivity index (χ2n) is 9.40. The molecule has 2 saturated heterocycles. The van der Waals surface area contributed by atoms with Crippen molar-refractivity contribution in [1.29, 1.82) is 0 Å². The first-order valence-corrected chi connectivity index (χ1v) is 11.8. The fourth-order valence-electron chi connectivity index (χ4n) is 4.72. The van der Waals surface area contributed by atoms with Crippen molar-refractivity contribution in [2.24, 2.45) is 5.41 Å². The summed E-state index contributed by atoms with van der Waals surface area (Å²) in [6.45, 7) is 4.05. The number of ether oxygens (including phenoxy) is 1. The van der Waals surface area contributed by atoms with Crippen LogP contribution in [0.5, 0.6) is 0 Å². The zero-order chi connectivity index (χ0) is 25.2. The molecule has 2 N–H and O–H groups in total. The van der Waals surface area contributed by atoms with Crippen LogP contribution < -0.4 is 15.5 Å². The lowest BCUT2D eigenvalue weighted by molar-refractivity contribution is -0.137. The van der Waals surface area contributed by atoms with Crippen LogP contribution >= 0.6 is 0 Å². The number of furan rings is 1. The van der Waals surface area contributed by atoms with Crippen molar-refractivity contribution in [2.45, 2.75) is 44.7 Å². The summed E-state index contributed by atoms with van der Waals surface area (Å²) in [5.41, 5.74) is -0.875. The number of halogens is 3. The molecule has 0 spiro atoms. The molecule has 2 aromatic rings. The van der Waals surface area contributed by atoms with Crippen molar-refractivity contribution in [3.8, 4) is 0 Å². The molecule has 2 fully saturated rings. The van der Waals surface area contributed by atoms with Gasteiger partial charge in [0.1, 0.15) is 5.76 Å². The average Bonchev–Trinajstić information content (AvgIpc) is 3.35. The van der Waals surface area contributed by atoms with E-state index in [1.807, 2.05) is 11.8 Å². The molecular weight excluding hydrogens is 463 g/mol. The van der Waals surface area contributed by atoms with Crippen LogP contribution in [0.4, 0.5) is 24.5 Å². The van der Waals surface area contributed by atoms with Gasteiger partial charge in [0.25, 0.3) is 5.91 Å². The van der Waals surface area contributed by atoms with Crippen molar-refractivity contribution in [1.82, 2.24) is 5.32 Å². The van der Waals surface area contributed by atoms with Crippen molar-refractivity contribution in [2.75, 3.05) is 43.6 Å². The van der Waals surface area contributed by atoms with Crippen LogP contribution in [0, 0.1) is 5.41 Å². The van der Waals surface area contributed by atoms with Crippen LogP contribution in [0.3, 0.4) is 0 Å². The van der Waals surface area contributed by atoms with Gasteiger partial charge in [-0.3, -0.25) is 9.59 Å². The highest BCUT2D eigenvalue weighted by molar-refractivity contribution is 6.04. The second kappa shape index (κ2) is 9.93. The van der Waals surface area contributed by atoms with Gasteiger partial charge in [-0.05, 0) is 56.0 Å². The zero-order valence-electron chi connectivity index (χ0n) is 19.8. The number of nitrogens with zero attached hydrogens (tertiary/aromatic N) is 1. The number of benzene rings is 1. The van der Waals surface area contributed by atoms with E-state index < -0.39 is 23.1 Å². The Hall–Kier alpha value is -3.01. The van der Waals surface area contributed by atoms with Gasteiger partial charge in [-0.25, -0.2) is 0 Å². The second-order valence-corrected chi connectivity index (χ2v) is 9.40. The highest BCUT2D eigenvalue weighted by atomic mass is 19.4. The SMILES string of the molecule is CNC(=O)C1(C)CCN(c2ccc(C(F)(F)F)cc2NC(=O)c2ccc(C3CCOCC3)o2)CC1. The summed E-state index contributed by atoms with van der Waals surface area (Å²) >= 11 is 0. The Morgan fingerprint density at radius 3 is 2.40 bits per heavy atom. The molecule has 7 nitrogen and oxygen atoms in total. The van der Waals surface area contributed by atoms with Gasteiger partial charge in [0.05, 0.1) is 16.9 Å². The number of hydrogen-bond donors (Lipinski definition) is 2. The van der Waals surface area contributed by atoms with Crippen LogP contribution in [0.15, 0.2) is 34.7 Å². The predicted molar refractivity (Wildman–Crippen MR) is 125 cm³/mol. The number of hydrogen-bond acceptors (Lipinski definition) is 5. The van der Waals surface area contributed by atoms with E-state index in [2.05, 4.69) is 10.6 Å². The molecular formula is C25H30F3N3O4. The van der Waals surface area contributed by atoms with Crippen molar-refractivity contribution in [3.63, 3.8) is 0 Å². The molecule has 0 bridgehead atoms. The number of nitrogens with one attached hydrogen (secondary N) is 2. The van der Waals surface area contributed by atoms with E-state index in [1.54, 1.807) is 19.2 Å². The number of amides is 2. The van der Waals surface area contributed by atoms with Gasteiger partial charge in [0.15, 0.2) is 5.76 Å². The highest BCUT2D eigenvalue weighted by Crippen LogP contribution is 2.39.